The first kappa shape index (κ1) is 16.6. The number of rotatable bonds is 5. The van der Waals surface area contributed by atoms with Gasteiger partial charge in [0.2, 0.25) is 5.82 Å². The molecule has 0 aliphatic heterocycles. The fourth-order valence-corrected chi connectivity index (χ4v) is 2.31. The highest BCUT2D eigenvalue weighted by Crippen LogP contribution is 2.22. The van der Waals surface area contributed by atoms with Crippen molar-refractivity contribution in [3.63, 3.8) is 0 Å². The molecule has 0 aliphatic carbocycles. The standard InChI is InChI=1S/C16H14F2N6O/c1-24(7-5-11-4-2-3-6-19-11)16(25)14-12(17)8-10(9-13(14)18)15-20-22-23-21-15/h2-4,6,8-9H,5,7H2,1H3,(H,20,21,22,23). The van der Waals surface area contributed by atoms with Crippen LogP contribution in [-0.2, 0) is 6.42 Å². The highest BCUT2D eigenvalue weighted by atomic mass is 19.1. The second-order valence-corrected chi connectivity index (χ2v) is 5.35. The van der Waals surface area contributed by atoms with Gasteiger partial charge in [-0.25, -0.2) is 8.78 Å². The second kappa shape index (κ2) is 7.12. The highest BCUT2D eigenvalue weighted by molar-refractivity contribution is 5.95. The average Bonchev–Trinajstić information content (AvgIpc) is 3.14. The van der Waals surface area contributed by atoms with Crippen molar-refractivity contribution in [3.8, 4) is 11.4 Å². The van der Waals surface area contributed by atoms with Gasteiger partial charge in [-0.15, -0.1) is 10.2 Å². The first-order chi connectivity index (χ1) is 12.1. The van der Waals surface area contributed by atoms with Crippen LogP contribution in [-0.4, -0.2) is 50.0 Å². The molecule has 0 aliphatic rings. The molecule has 128 valence electrons. The molecule has 0 fully saturated rings. The summed E-state index contributed by atoms with van der Waals surface area (Å²) in [5.41, 5.74) is 0.266. The van der Waals surface area contributed by atoms with Gasteiger partial charge in [-0.05, 0) is 29.5 Å². The van der Waals surface area contributed by atoms with Gasteiger partial charge in [0.05, 0.1) is 0 Å². The predicted octanol–water partition coefficient (Wildman–Crippen LogP) is 1.85. The number of hydrogen-bond acceptors (Lipinski definition) is 5. The number of amides is 1. The molecule has 0 saturated carbocycles. The monoisotopic (exact) mass is 344 g/mol. The van der Waals surface area contributed by atoms with Gasteiger partial charge < -0.3 is 4.90 Å². The van der Waals surface area contributed by atoms with E-state index in [4.69, 9.17) is 0 Å². The zero-order valence-electron chi connectivity index (χ0n) is 13.3. The number of nitrogens with one attached hydrogen (secondary N) is 1. The Hall–Kier alpha value is -3.23. The highest BCUT2D eigenvalue weighted by Gasteiger charge is 2.23. The molecular formula is C16H14F2N6O. The van der Waals surface area contributed by atoms with E-state index >= 15 is 0 Å². The van der Waals surface area contributed by atoms with Crippen LogP contribution in [0.5, 0.6) is 0 Å². The average molecular weight is 344 g/mol. The van der Waals surface area contributed by atoms with Crippen molar-refractivity contribution >= 4 is 5.91 Å². The molecule has 2 heterocycles. The van der Waals surface area contributed by atoms with E-state index in [0.29, 0.717) is 6.42 Å². The lowest BCUT2D eigenvalue weighted by molar-refractivity contribution is 0.0786. The molecule has 0 saturated heterocycles. The van der Waals surface area contributed by atoms with Crippen molar-refractivity contribution in [1.29, 1.82) is 0 Å². The van der Waals surface area contributed by atoms with Crippen LogP contribution in [0.1, 0.15) is 16.1 Å². The third-order valence-corrected chi connectivity index (χ3v) is 3.64. The van der Waals surface area contributed by atoms with Crippen LogP contribution in [0.4, 0.5) is 8.78 Å². The van der Waals surface area contributed by atoms with Gasteiger partial charge in [-0.1, -0.05) is 6.07 Å². The van der Waals surface area contributed by atoms with Crippen LogP contribution in [0.2, 0.25) is 0 Å². The number of tetrazole rings is 1. The third kappa shape index (κ3) is 3.65. The van der Waals surface area contributed by atoms with E-state index < -0.39 is 23.1 Å². The summed E-state index contributed by atoms with van der Waals surface area (Å²) in [5.74, 6) is -2.66. The summed E-state index contributed by atoms with van der Waals surface area (Å²) in [5, 5.41) is 12.9. The van der Waals surface area contributed by atoms with Crippen LogP contribution >= 0.6 is 0 Å². The number of halogens is 2. The van der Waals surface area contributed by atoms with Gasteiger partial charge in [0.15, 0.2) is 0 Å². The SMILES string of the molecule is CN(CCc1ccccn1)C(=O)c1c(F)cc(-c2nn[nH]n2)cc1F. The van der Waals surface area contributed by atoms with Crippen molar-refractivity contribution < 1.29 is 13.6 Å². The summed E-state index contributed by atoms with van der Waals surface area (Å²) < 4.78 is 28.6. The smallest absolute Gasteiger partial charge is 0.259 e. The van der Waals surface area contributed by atoms with E-state index in [9.17, 15) is 13.6 Å². The fraction of sp³-hybridized carbons (Fsp3) is 0.188. The molecule has 0 radical (unpaired) electrons. The molecule has 3 aromatic rings. The zero-order chi connectivity index (χ0) is 17.8. The summed E-state index contributed by atoms with van der Waals surface area (Å²) >= 11 is 0. The molecule has 1 aromatic carbocycles. The van der Waals surface area contributed by atoms with Crippen LogP contribution in [0, 0.1) is 11.6 Å². The molecule has 0 unspecified atom stereocenters. The van der Waals surface area contributed by atoms with Crippen LogP contribution < -0.4 is 0 Å². The third-order valence-electron chi connectivity index (χ3n) is 3.64. The van der Waals surface area contributed by atoms with Gasteiger partial charge in [-0.3, -0.25) is 9.78 Å². The van der Waals surface area contributed by atoms with E-state index in [2.05, 4.69) is 25.6 Å². The number of pyridine rings is 1. The van der Waals surface area contributed by atoms with Crippen molar-refractivity contribution in [1.82, 2.24) is 30.5 Å². The molecule has 0 atom stereocenters. The lowest BCUT2D eigenvalue weighted by Gasteiger charge is -2.18. The van der Waals surface area contributed by atoms with Crippen LogP contribution in [0.25, 0.3) is 11.4 Å². The Balaban J connectivity index is 1.77. The number of aromatic amines is 1. The van der Waals surface area contributed by atoms with E-state index in [1.165, 1.54) is 11.9 Å². The number of nitrogens with zero attached hydrogens (tertiary/aromatic N) is 5. The summed E-state index contributed by atoms with van der Waals surface area (Å²) in [7, 11) is 1.48. The summed E-state index contributed by atoms with van der Waals surface area (Å²) in [4.78, 5) is 17.8. The van der Waals surface area contributed by atoms with Crippen molar-refractivity contribution in [3.05, 3.63) is 59.4 Å². The molecular weight excluding hydrogens is 330 g/mol. The van der Waals surface area contributed by atoms with Gasteiger partial charge in [0.1, 0.15) is 17.2 Å². The Morgan fingerprint density at radius 2 is 2.00 bits per heavy atom. The summed E-state index contributed by atoms with van der Waals surface area (Å²) in [6, 6.07) is 7.45. The van der Waals surface area contributed by atoms with E-state index in [0.717, 1.165) is 17.8 Å². The normalized spacial score (nSPS) is 10.7. The Kier molecular flexibility index (Phi) is 4.73. The molecule has 25 heavy (non-hydrogen) atoms. The Labute approximate surface area is 141 Å². The van der Waals surface area contributed by atoms with E-state index in [-0.39, 0.29) is 17.9 Å². The van der Waals surface area contributed by atoms with Crippen LogP contribution in [0.15, 0.2) is 36.5 Å². The topological polar surface area (TPSA) is 87.7 Å². The first-order valence-corrected chi connectivity index (χ1v) is 7.44. The number of aromatic nitrogens is 5. The molecule has 1 N–H and O–H groups in total. The Morgan fingerprint density at radius 1 is 1.24 bits per heavy atom. The maximum absolute atomic E-state index is 14.3. The molecule has 0 bridgehead atoms. The Bertz CT molecular complexity index is 847. The summed E-state index contributed by atoms with van der Waals surface area (Å²) in [6.45, 7) is 0.279. The number of benzene rings is 1. The predicted molar refractivity (Wildman–Crippen MR) is 84.4 cm³/mol. The maximum atomic E-state index is 14.3. The largest absolute Gasteiger partial charge is 0.341 e. The van der Waals surface area contributed by atoms with Crippen LogP contribution in [0.3, 0.4) is 0 Å². The molecule has 9 heteroatoms. The number of hydrogen-bond donors (Lipinski definition) is 1. The minimum absolute atomic E-state index is 0.0419. The Morgan fingerprint density at radius 3 is 2.60 bits per heavy atom. The number of likely N-dealkylation sites (N-methyl/N-ethyl adjacent to an activating group) is 1. The molecule has 7 nitrogen and oxygen atoms in total. The number of H-pyrrole nitrogens is 1. The van der Waals surface area contributed by atoms with Crippen molar-refractivity contribution in [2.45, 2.75) is 6.42 Å². The molecule has 1 amide bonds. The molecule has 0 spiro atoms. The summed E-state index contributed by atoms with van der Waals surface area (Å²) in [6.07, 6.45) is 2.13. The zero-order valence-corrected chi connectivity index (χ0v) is 13.3. The minimum Gasteiger partial charge on any atom is -0.341 e. The molecule has 2 aromatic heterocycles. The van der Waals surface area contributed by atoms with Gasteiger partial charge >= 0.3 is 0 Å². The van der Waals surface area contributed by atoms with Gasteiger partial charge in [0, 0.05) is 37.5 Å². The maximum Gasteiger partial charge on any atom is 0.259 e. The number of carbonyl (C=O) groups is 1. The van der Waals surface area contributed by atoms with Crippen molar-refractivity contribution in [2.24, 2.45) is 0 Å². The van der Waals surface area contributed by atoms with E-state index in [1.807, 2.05) is 12.1 Å². The van der Waals surface area contributed by atoms with E-state index in [1.54, 1.807) is 12.3 Å². The quantitative estimate of drug-likeness (QED) is 0.763. The first-order valence-electron chi connectivity index (χ1n) is 7.44. The van der Waals surface area contributed by atoms with Crippen molar-refractivity contribution in [2.75, 3.05) is 13.6 Å². The minimum atomic E-state index is -0.977. The lowest BCUT2D eigenvalue weighted by atomic mass is 10.1. The van der Waals surface area contributed by atoms with Gasteiger partial charge in [-0.2, -0.15) is 5.21 Å². The van der Waals surface area contributed by atoms with Gasteiger partial charge in [0.25, 0.3) is 5.91 Å². The lowest BCUT2D eigenvalue weighted by Crippen LogP contribution is -2.30. The second-order valence-electron chi connectivity index (χ2n) is 5.35. The fourth-order valence-electron chi connectivity index (χ4n) is 2.31. The molecule has 3 rings (SSSR count). The number of carbonyl (C=O) groups excluding carboxylic acids is 1.